The summed E-state index contributed by atoms with van der Waals surface area (Å²) in [5.41, 5.74) is 7.24. The Morgan fingerprint density at radius 3 is 1.94 bits per heavy atom. The van der Waals surface area contributed by atoms with Gasteiger partial charge in [-0.25, -0.2) is 14.4 Å². The molecule has 0 saturated heterocycles. The fourth-order valence-electron chi connectivity index (χ4n) is 2.56. The van der Waals surface area contributed by atoms with Crippen molar-refractivity contribution in [3.05, 3.63) is 71.8 Å². The molecule has 0 spiro atoms. The topological polar surface area (TPSA) is 184 Å². The molecule has 0 aliphatic carbocycles. The summed E-state index contributed by atoms with van der Waals surface area (Å²) in [6, 6.07) is 17.0. The second-order valence-corrected chi connectivity index (χ2v) is 6.69. The van der Waals surface area contributed by atoms with Crippen molar-refractivity contribution in [2.24, 2.45) is 10.7 Å². The molecule has 0 heterocycles. The smallest absolute Gasteiger partial charge is 0.414 e. The van der Waals surface area contributed by atoms with Gasteiger partial charge >= 0.3 is 18.2 Å². The first-order valence-corrected chi connectivity index (χ1v) is 9.91. The maximum Gasteiger partial charge on any atom is 0.414 e. The Morgan fingerprint density at radius 2 is 1.42 bits per heavy atom. The number of amides is 2. The molecule has 2 rings (SSSR count). The van der Waals surface area contributed by atoms with Crippen molar-refractivity contribution in [1.82, 2.24) is 10.6 Å². The Balaban J connectivity index is 0.00000544. The van der Waals surface area contributed by atoms with Crippen LogP contribution in [0.3, 0.4) is 0 Å². The van der Waals surface area contributed by atoms with Crippen molar-refractivity contribution >= 4 is 24.1 Å². The standard InChI is InChI=1S/C22H26N4O6.H2O/c23-20(26-22(30)32-15-17-10-5-2-6-11-17)24-13-7-12-18(19(27)28)25-21(29)31-14-16-8-3-1-4-9-16;/h1-6,8-11,18H,7,12-15H2,(H,25,29)(H,27,28)(H3,23,24,26,30);1H2/t18-;/m1./s1. The number of guanidine groups is 1. The third kappa shape index (κ3) is 11.2. The lowest BCUT2D eigenvalue weighted by atomic mass is 10.1. The van der Waals surface area contributed by atoms with Crippen LogP contribution in [0.4, 0.5) is 9.59 Å². The molecule has 0 saturated carbocycles. The van der Waals surface area contributed by atoms with Gasteiger partial charge in [-0.05, 0) is 24.0 Å². The Kier molecular flexibility index (Phi) is 12.1. The van der Waals surface area contributed by atoms with Gasteiger partial charge in [0, 0.05) is 6.54 Å². The largest absolute Gasteiger partial charge is 0.480 e. The minimum atomic E-state index is -1.19. The van der Waals surface area contributed by atoms with Gasteiger partial charge in [-0.3, -0.25) is 10.3 Å². The molecular weight excluding hydrogens is 432 g/mol. The zero-order valence-electron chi connectivity index (χ0n) is 17.9. The molecule has 0 aromatic heterocycles. The van der Waals surface area contributed by atoms with Crippen molar-refractivity contribution in [2.45, 2.75) is 32.1 Å². The van der Waals surface area contributed by atoms with Gasteiger partial charge in [0.2, 0.25) is 0 Å². The molecule has 178 valence electrons. The summed E-state index contributed by atoms with van der Waals surface area (Å²) in [5.74, 6) is -1.34. The monoisotopic (exact) mass is 460 g/mol. The normalized spacial score (nSPS) is 11.5. The summed E-state index contributed by atoms with van der Waals surface area (Å²) in [4.78, 5) is 38.9. The van der Waals surface area contributed by atoms with Crippen LogP contribution < -0.4 is 16.4 Å². The van der Waals surface area contributed by atoms with E-state index in [4.69, 9.17) is 15.2 Å². The first-order chi connectivity index (χ1) is 15.4. The number of carboxylic acid groups (broad SMARTS) is 1. The van der Waals surface area contributed by atoms with Crippen LogP contribution in [0.5, 0.6) is 0 Å². The van der Waals surface area contributed by atoms with Crippen molar-refractivity contribution in [1.29, 1.82) is 0 Å². The van der Waals surface area contributed by atoms with Crippen LogP contribution >= 0.6 is 0 Å². The number of alkyl carbamates (subject to hydrolysis) is 2. The molecular formula is C22H28N4O7. The zero-order valence-corrected chi connectivity index (χ0v) is 17.9. The summed E-state index contributed by atoms with van der Waals surface area (Å²) < 4.78 is 10.1. The Morgan fingerprint density at radius 1 is 0.909 bits per heavy atom. The minimum absolute atomic E-state index is 0. The highest BCUT2D eigenvalue weighted by Gasteiger charge is 2.20. The third-order valence-corrected chi connectivity index (χ3v) is 4.18. The van der Waals surface area contributed by atoms with Crippen LogP contribution in [-0.2, 0) is 27.5 Å². The Bertz CT molecular complexity index is 907. The number of rotatable bonds is 10. The summed E-state index contributed by atoms with van der Waals surface area (Å²) in [7, 11) is 0. The number of carbonyl (C=O) groups is 3. The zero-order chi connectivity index (χ0) is 23.2. The van der Waals surface area contributed by atoms with Crippen LogP contribution in [-0.4, -0.2) is 47.3 Å². The summed E-state index contributed by atoms with van der Waals surface area (Å²) in [6.07, 6.45) is -1.17. The lowest BCUT2D eigenvalue weighted by molar-refractivity contribution is -0.139. The average Bonchev–Trinajstić information content (AvgIpc) is 2.79. The number of hydrogen-bond donors (Lipinski definition) is 4. The van der Waals surface area contributed by atoms with Gasteiger partial charge in [-0.1, -0.05) is 60.7 Å². The molecule has 0 unspecified atom stereocenters. The number of nitrogens with zero attached hydrogens (tertiary/aromatic N) is 1. The molecule has 2 aromatic carbocycles. The molecule has 1 atom stereocenters. The molecule has 2 aromatic rings. The number of carboxylic acids is 1. The number of aliphatic imine (C=N–C) groups is 1. The molecule has 11 heteroatoms. The molecule has 33 heavy (non-hydrogen) atoms. The van der Waals surface area contributed by atoms with Gasteiger partial charge in [-0.2, -0.15) is 0 Å². The predicted octanol–water partition coefficient (Wildman–Crippen LogP) is 1.56. The van der Waals surface area contributed by atoms with E-state index in [1.54, 1.807) is 24.3 Å². The fourth-order valence-corrected chi connectivity index (χ4v) is 2.56. The van der Waals surface area contributed by atoms with Crippen LogP contribution in [0, 0.1) is 0 Å². The lowest BCUT2D eigenvalue weighted by Gasteiger charge is -2.14. The highest BCUT2D eigenvalue weighted by molar-refractivity contribution is 5.92. The van der Waals surface area contributed by atoms with E-state index in [2.05, 4.69) is 15.6 Å². The lowest BCUT2D eigenvalue weighted by Crippen LogP contribution is -2.41. The van der Waals surface area contributed by atoms with Crippen molar-refractivity contribution in [3.8, 4) is 0 Å². The quantitative estimate of drug-likeness (QED) is 0.235. The van der Waals surface area contributed by atoms with E-state index in [1.165, 1.54) is 0 Å². The number of benzene rings is 2. The minimum Gasteiger partial charge on any atom is -0.480 e. The van der Waals surface area contributed by atoms with E-state index >= 15 is 0 Å². The van der Waals surface area contributed by atoms with Crippen molar-refractivity contribution < 1.29 is 34.4 Å². The number of hydrogen-bond acceptors (Lipinski definition) is 6. The van der Waals surface area contributed by atoms with E-state index in [1.807, 2.05) is 36.4 Å². The number of nitrogens with one attached hydrogen (secondary N) is 2. The van der Waals surface area contributed by atoms with Crippen LogP contribution in [0.2, 0.25) is 0 Å². The van der Waals surface area contributed by atoms with E-state index in [0.717, 1.165) is 11.1 Å². The van der Waals surface area contributed by atoms with Gasteiger partial charge in [0.05, 0.1) is 0 Å². The second kappa shape index (κ2) is 14.8. The molecule has 0 fully saturated rings. The number of ether oxygens (including phenoxy) is 2. The van der Waals surface area contributed by atoms with Gasteiger partial charge in [0.15, 0.2) is 5.96 Å². The number of carbonyl (C=O) groups excluding carboxylic acids is 2. The molecule has 0 aliphatic heterocycles. The molecule has 0 radical (unpaired) electrons. The first kappa shape index (κ1) is 26.9. The summed E-state index contributed by atoms with van der Waals surface area (Å²) in [6.45, 7) is 0.271. The number of nitrogens with two attached hydrogens (primary N) is 1. The maximum absolute atomic E-state index is 11.9. The van der Waals surface area contributed by atoms with Crippen LogP contribution in [0.1, 0.15) is 24.0 Å². The van der Waals surface area contributed by atoms with Crippen molar-refractivity contribution in [2.75, 3.05) is 6.54 Å². The third-order valence-electron chi connectivity index (χ3n) is 4.18. The van der Waals surface area contributed by atoms with E-state index in [9.17, 15) is 19.5 Å². The Hall–Kier alpha value is -4.12. The molecule has 0 bridgehead atoms. The summed E-state index contributed by atoms with van der Waals surface area (Å²) >= 11 is 0. The first-order valence-electron chi connectivity index (χ1n) is 9.91. The molecule has 11 nitrogen and oxygen atoms in total. The second-order valence-electron chi connectivity index (χ2n) is 6.69. The van der Waals surface area contributed by atoms with Gasteiger partial charge in [0.25, 0.3) is 0 Å². The van der Waals surface area contributed by atoms with Gasteiger partial charge < -0.3 is 31.1 Å². The highest BCUT2D eigenvalue weighted by atomic mass is 16.6. The van der Waals surface area contributed by atoms with Crippen molar-refractivity contribution in [3.63, 3.8) is 0 Å². The maximum atomic E-state index is 11.9. The summed E-state index contributed by atoms with van der Waals surface area (Å²) in [5, 5.41) is 13.9. The SMILES string of the molecule is NC(=NCCC[C@@H](NC(=O)OCc1ccccc1)C(=O)O)NC(=O)OCc1ccccc1.O. The van der Waals surface area contributed by atoms with E-state index in [-0.39, 0.29) is 37.6 Å². The molecule has 0 aliphatic rings. The number of aliphatic carboxylic acids is 1. The molecule has 2 amide bonds. The predicted molar refractivity (Wildman–Crippen MR) is 120 cm³/mol. The van der Waals surface area contributed by atoms with Gasteiger partial charge in [-0.15, -0.1) is 0 Å². The van der Waals surface area contributed by atoms with Crippen LogP contribution in [0.25, 0.3) is 0 Å². The van der Waals surface area contributed by atoms with E-state index in [0.29, 0.717) is 6.42 Å². The molecule has 7 N–H and O–H groups in total. The average molecular weight is 460 g/mol. The highest BCUT2D eigenvalue weighted by Crippen LogP contribution is 2.03. The fraction of sp³-hybridized carbons (Fsp3) is 0.273. The van der Waals surface area contributed by atoms with Gasteiger partial charge in [0.1, 0.15) is 19.3 Å². The Labute approximate surface area is 190 Å². The van der Waals surface area contributed by atoms with Crippen LogP contribution in [0.15, 0.2) is 65.7 Å². The van der Waals surface area contributed by atoms with E-state index < -0.39 is 24.2 Å².